The van der Waals surface area contributed by atoms with E-state index in [1.54, 1.807) is 4.98 Å². The lowest BCUT2D eigenvalue weighted by atomic mass is 10.2. The number of halogens is 3. The van der Waals surface area contributed by atoms with E-state index in [4.69, 9.17) is 14.9 Å². The Kier molecular flexibility index (Phi) is 6.45. The van der Waals surface area contributed by atoms with Crippen LogP contribution in [0.3, 0.4) is 0 Å². The maximum atomic E-state index is 12.6. The number of nitrogens with one attached hydrogen (secondary N) is 3. The molecule has 1 saturated heterocycles. The van der Waals surface area contributed by atoms with Crippen LogP contribution in [0.4, 0.5) is 13.2 Å². The van der Waals surface area contributed by atoms with Crippen molar-refractivity contribution >= 4 is 0 Å². The zero-order valence-electron chi connectivity index (χ0n) is 14.3. The number of H-pyrrole nitrogens is 3. The molecule has 0 spiro atoms. The quantitative estimate of drug-likeness (QED) is 0.318. The number of aliphatic hydroxyl groups excluding tert-OH is 2. The minimum absolute atomic E-state index is 0.172. The molecular weight excluding hydrogens is 409 g/mol. The van der Waals surface area contributed by atoms with Crippen LogP contribution in [0.1, 0.15) is 18.2 Å². The average Bonchev–Trinajstić information content (AvgIpc) is 2.98. The minimum Gasteiger partial charge on any atom is -0.502 e. The number of aliphatic hydroxyl groups is 2. The van der Waals surface area contributed by atoms with Crippen molar-refractivity contribution in [3.8, 4) is 5.75 Å². The van der Waals surface area contributed by atoms with Crippen molar-refractivity contribution in [2.24, 2.45) is 0 Å². The van der Waals surface area contributed by atoms with E-state index in [0.29, 0.717) is 10.8 Å². The van der Waals surface area contributed by atoms with E-state index in [1.165, 1.54) is 0 Å². The van der Waals surface area contributed by atoms with Crippen molar-refractivity contribution in [3.63, 3.8) is 0 Å². The summed E-state index contributed by atoms with van der Waals surface area (Å²) in [7, 11) is 0. The highest BCUT2D eigenvalue weighted by molar-refractivity contribution is 5.09. The maximum Gasteiger partial charge on any atom is 0.423 e. The third kappa shape index (κ3) is 5.21. The van der Waals surface area contributed by atoms with Gasteiger partial charge in [-0.25, -0.2) is 9.59 Å². The van der Waals surface area contributed by atoms with E-state index in [9.17, 15) is 37.5 Å². The summed E-state index contributed by atoms with van der Waals surface area (Å²) in [5, 5.41) is 26.9. The van der Waals surface area contributed by atoms with Crippen LogP contribution in [-0.2, 0) is 10.9 Å². The number of ether oxygens (including phenoxy) is 1. The molecule has 0 aromatic carbocycles. The highest BCUT2D eigenvalue weighted by Gasteiger charge is 2.38. The lowest BCUT2D eigenvalue weighted by molar-refractivity contribution is -0.139. The van der Waals surface area contributed by atoms with E-state index in [0.717, 1.165) is 6.20 Å². The van der Waals surface area contributed by atoms with E-state index in [-0.39, 0.29) is 6.42 Å². The molecule has 0 radical (unpaired) electrons. The first kappa shape index (κ1) is 22.1. The Hall–Kier alpha value is -3.17. The van der Waals surface area contributed by atoms with Gasteiger partial charge >= 0.3 is 17.6 Å². The molecule has 12 nitrogen and oxygen atoms in total. The largest absolute Gasteiger partial charge is 0.502 e. The molecule has 2 aromatic heterocycles. The molecule has 0 aliphatic carbocycles. The van der Waals surface area contributed by atoms with Gasteiger partial charge in [0.05, 0.1) is 18.9 Å². The molecule has 160 valence electrons. The number of aromatic amines is 3. The standard InChI is InChI=1S/C10H11F3N2O5.C4H4N2O3/c11-10(12,13)4-2-15(9(19)14-8(4)18)7-1-5(17)6(3-16)20-7;7-2-1-5-4(9)6-3(2)8/h2,5-7,16-17H,1,3H2,(H,14,18,19);1,7H,(H2,5,6,8,9)/t5-,6+,7+;/m0./s1. The van der Waals surface area contributed by atoms with Crippen molar-refractivity contribution in [3.05, 3.63) is 59.6 Å². The Morgan fingerprint density at radius 3 is 2.31 bits per heavy atom. The highest BCUT2D eigenvalue weighted by Crippen LogP contribution is 2.30. The SMILES string of the molecule is O=c1[nH]c(=O)n([C@H]2C[C@H](O)[C@@H](CO)O2)cc1C(F)(F)F.O=c1[nH]cc(O)c(=O)[nH]1. The number of alkyl halides is 3. The molecule has 15 heteroatoms. The van der Waals surface area contributed by atoms with Crippen LogP contribution in [0.25, 0.3) is 0 Å². The summed E-state index contributed by atoms with van der Waals surface area (Å²) in [4.78, 5) is 48.6. The van der Waals surface area contributed by atoms with Crippen LogP contribution >= 0.6 is 0 Å². The third-order valence-electron chi connectivity index (χ3n) is 3.77. The second kappa shape index (κ2) is 8.46. The molecule has 3 rings (SSSR count). The van der Waals surface area contributed by atoms with E-state index in [2.05, 4.69) is 4.98 Å². The summed E-state index contributed by atoms with van der Waals surface area (Å²) in [6, 6.07) is 0. The fourth-order valence-corrected chi connectivity index (χ4v) is 2.35. The minimum atomic E-state index is -4.92. The summed E-state index contributed by atoms with van der Waals surface area (Å²) in [5.41, 5.74) is -5.58. The van der Waals surface area contributed by atoms with Crippen LogP contribution in [-0.4, -0.2) is 53.7 Å². The molecule has 29 heavy (non-hydrogen) atoms. The van der Waals surface area contributed by atoms with Crippen molar-refractivity contribution < 1.29 is 33.2 Å². The molecule has 1 aliphatic rings. The van der Waals surface area contributed by atoms with Gasteiger partial charge in [-0.2, -0.15) is 13.2 Å². The highest BCUT2D eigenvalue weighted by atomic mass is 19.4. The van der Waals surface area contributed by atoms with Gasteiger partial charge in [-0.05, 0) is 0 Å². The molecule has 6 N–H and O–H groups in total. The smallest absolute Gasteiger partial charge is 0.423 e. The van der Waals surface area contributed by atoms with Crippen molar-refractivity contribution in [1.29, 1.82) is 0 Å². The second-order valence-electron chi connectivity index (χ2n) is 5.78. The van der Waals surface area contributed by atoms with Gasteiger partial charge in [-0.3, -0.25) is 24.1 Å². The summed E-state index contributed by atoms with van der Waals surface area (Å²) in [6.45, 7) is -0.540. The average molecular weight is 424 g/mol. The van der Waals surface area contributed by atoms with Gasteiger partial charge in [0, 0.05) is 12.6 Å². The second-order valence-corrected chi connectivity index (χ2v) is 5.78. The van der Waals surface area contributed by atoms with Crippen LogP contribution in [0.15, 0.2) is 31.6 Å². The van der Waals surface area contributed by atoms with E-state index in [1.807, 2.05) is 4.98 Å². The molecule has 0 bridgehead atoms. The number of rotatable bonds is 2. The predicted octanol–water partition coefficient (Wildman–Crippen LogP) is -2.04. The van der Waals surface area contributed by atoms with Crippen molar-refractivity contribution in [1.82, 2.24) is 19.5 Å². The molecule has 3 heterocycles. The Morgan fingerprint density at radius 1 is 1.17 bits per heavy atom. The van der Waals surface area contributed by atoms with Gasteiger partial charge < -0.3 is 25.0 Å². The topological polar surface area (TPSA) is 190 Å². The Bertz CT molecular complexity index is 1090. The molecule has 1 aliphatic heterocycles. The molecule has 0 unspecified atom stereocenters. The van der Waals surface area contributed by atoms with Gasteiger partial charge in [0.1, 0.15) is 17.9 Å². The zero-order chi connectivity index (χ0) is 21.9. The first-order valence-corrected chi connectivity index (χ1v) is 7.82. The van der Waals surface area contributed by atoms with Gasteiger partial charge in [-0.15, -0.1) is 0 Å². The Labute approximate surface area is 156 Å². The molecule has 1 fully saturated rings. The van der Waals surface area contributed by atoms with Gasteiger partial charge in [-0.1, -0.05) is 0 Å². The molecule has 3 atom stereocenters. The lowest BCUT2D eigenvalue weighted by Gasteiger charge is -2.16. The van der Waals surface area contributed by atoms with E-state index < -0.39 is 65.0 Å². The number of aromatic nitrogens is 4. The van der Waals surface area contributed by atoms with Gasteiger partial charge in [0.25, 0.3) is 11.1 Å². The number of hydrogen-bond acceptors (Lipinski definition) is 8. The lowest BCUT2D eigenvalue weighted by Crippen LogP contribution is -2.36. The van der Waals surface area contributed by atoms with Crippen molar-refractivity contribution in [2.75, 3.05) is 6.61 Å². The fourth-order valence-electron chi connectivity index (χ4n) is 2.35. The summed E-state index contributed by atoms with van der Waals surface area (Å²) in [5.74, 6) is -0.491. The molecular formula is C14H15F3N4O8. The van der Waals surface area contributed by atoms with E-state index >= 15 is 0 Å². The first-order valence-electron chi connectivity index (χ1n) is 7.82. The monoisotopic (exact) mass is 424 g/mol. The van der Waals surface area contributed by atoms with Gasteiger partial charge in [0.2, 0.25) is 0 Å². The van der Waals surface area contributed by atoms with Crippen LogP contribution < -0.4 is 22.5 Å². The number of hydrogen-bond donors (Lipinski definition) is 6. The maximum absolute atomic E-state index is 12.6. The molecule has 0 amide bonds. The van der Waals surface area contributed by atoms with Crippen LogP contribution in [0.5, 0.6) is 5.75 Å². The van der Waals surface area contributed by atoms with Crippen LogP contribution in [0, 0.1) is 0 Å². The Morgan fingerprint density at radius 2 is 1.83 bits per heavy atom. The normalized spacial score (nSPS) is 21.5. The van der Waals surface area contributed by atoms with Gasteiger partial charge in [0.15, 0.2) is 5.75 Å². The van der Waals surface area contributed by atoms with Crippen LogP contribution in [0.2, 0.25) is 0 Å². The first-order chi connectivity index (χ1) is 13.4. The summed E-state index contributed by atoms with van der Waals surface area (Å²) in [6.07, 6.45) is -7.11. The predicted molar refractivity (Wildman–Crippen MR) is 87.3 cm³/mol. The summed E-state index contributed by atoms with van der Waals surface area (Å²) < 4.78 is 43.4. The zero-order valence-corrected chi connectivity index (χ0v) is 14.3. The Balaban J connectivity index is 0.000000278. The number of aromatic hydroxyl groups is 1. The van der Waals surface area contributed by atoms with Crippen molar-refractivity contribution in [2.45, 2.75) is 31.0 Å². The molecule has 2 aromatic rings. The fraction of sp³-hybridized carbons (Fsp3) is 0.429. The number of nitrogens with zero attached hydrogens (tertiary/aromatic N) is 1. The molecule has 0 saturated carbocycles. The summed E-state index contributed by atoms with van der Waals surface area (Å²) >= 11 is 0. The third-order valence-corrected chi connectivity index (χ3v) is 3.77.